The first-order valence-corrected chi connectivity index (χ1v) is 11.4. The Labute approximate surface area is 180 Å². The Balaban J connectivity index is 1.89. The number of sulfonamides is 1. The summed E-state index contributed by atoms with van der Waals surface area (Å²) in [5.74, 6) is 0.366. The average molecular weight is 457 g/mol. The zero-order valence-electron chi connectivity index (χ0n) is 16.1. The monoisotopic (exact) mass is 456 g/mol. The number of nitrogens with one attached hydrogen (secondary N) is 1. The van der Waals surface area contributed by atoms with Crippen LogP contribution in [-0.4, -0.2) is 38.8 Å². The molecule has 1 heterocycles. The van der Waals surface area contributed by atoms with Gasteiger partial charge >= 0.3 is 0 Å². The van der Waals surface area contributed by atoms with Gasteiger partial charge in [0.05, 0.1) is 28.3 Å². The molecule has 6 nitrogen and oxygen atoms in total. The maximum atomic E-state index is 13.0. The first kappa shape index (κ1) is 21.9. The average Bonchev–Trinajstić information content (AvgIpc) is 2.68. The molecule has 0 saturated carbocycles. The van der Waals surface area contributed by atoms with E-state index in [0.717, 1.165) is 12.8 Å². The Morgan fingerprint density at radius 2 is 1.83 bits per heavy atom. The molecule has 2 aromatic carbocycles. The Kier molecular flexibility index (Phi) is 6.73. The van der Waals surface area contributed by atoms with E-state index in [9.17, 15) is 13.2 Å². The molecule has 3 rings (SSSR count). The molecule has 1 amide bonds. The second-order valence-corrected chi connectivity index (χ2v) is 9.81. The van der Waals surface area contributed by atoms with Gasteiger partial charge in [0.2, 0.25) is 10.0 Å². The highest BCUT2D eigenvalue weighted by Crippen LogP contribution is 2.30. The van der Waals surface area contributed by atoms with Gasteiger partial charge in [0.25, 0.3) is 5.91 Å². The van der Waals surface area contributed by atoms with Crippen LogP contribution in [0.5, 0.6) is 5.75 Å². The number of hydrogen-bond donors (Lipinski definition) is 1. The number of anilines is 1. The van der Waals surface area contributed by atoms with Crippen molar-refractivity contribution in [3.63, 3.8) is 0 Å². The number of rotatable bonds is 5. The molecular weight excluding hydrogens is 435 g/mol. The van der Waals surface area contributed by atoms with Crippen LogP contribution in [-0.2, 0) is 10.0 Å². The summed E-state index contributed by atoms with van der Waals surface area (Å²) in [6, 6.07) is 8.95. The van der Waals surface area contributed by atoms with E-state index in [4.69, 9.17) is 27.9 Å². The van der Waals surface area contributed by atoms with Crippen LogP contribution in [0.15, 0.2) is 41.3 Å². The highest BCUT2D eigenvalue weighted by molar-refractivity contribution is 7.89. The van der Waals surface area contributed by atoms with Gasteiger partial charge in [-0.15, -0.1) is 0 Å². The van der Waals surface area contributed by atoms with E-state index in [0.29, 0.717) is 35.5 Å². The highest BCUT2D eigenvalue weighted by Gasteiger charge is 2.29. The number of halogens is 2. The number of ether oxygens (including phenoxy) is 1. The summed E-state index contributed by atoms with van der Waals surface area (Å²) >= 11 is 12.2. The van der Waals surface area contributed by atoms with E-state index >= 15 is 0 Å². The van der Waals surface area contributed by atoms with Crippen molar-refractivity contribution in [3.05, 3.63) is 52.0 Å². The number of benzene rings is 2. The summed E-state index contributed by atoms with van der Waals surface area (Å²) in [7, 11) is -2.23. The largest absolute Gasteiger partial charge is 0.495 e. The van der Waals surface area contributed by atoms with Crippen molar-refractivity contribution in [2.24, 2.45) is 5.92 Å². The minimum atomic E-state index is -3.70. The molecule has 0 aliphatic carbocycles. The lowest BCUT2D eigenvalue weighted by Gasteiger charge is -2.29. The van der Waals surface area contributed by atoms with E-state index < -0.39 is 15.9 Å². The normalized spacial score (nSPS) is 15.9. The molecule has 0 radical (unpaired) electrons. The van der Waals surface area contributed by atoms with Crippen molar-refractivity contribution in [2.45, 2.75) is 24.7 Å². The van der Waals surface area contributed by atoms with Crippen molar-refractivity contribution >= 4 is 44.8 Å². The zero-order valence-corrected chi connectivity index (χ0v) is 18.4. The Morgan fingerprint density at radius 1 is 1.14 bits per heavy atom. The van der Waals surface area contributed by atoms with Gasteiger partial charge < -0.3 is 10.1 Å². The van der Waals surface area contributed by atoms with Crippen LogP contribution < -0.4 is 10.1 Å². The second-order valence-electron chi connectivity index (χ2n) is 7.03. The summed E-state index contributed by atoms with van der Waals surface area (Å²) in [4.78, 5) is 12.9. The molecule has 156 valence electrons. The molecule has 0 unspecified atom stereocenters. The molecule has 0 aromatic heterocycles. The van der Waals surface area contributed by atoms with E-state index in [1.165, 1.54) is 29.6 Å². The Hall–Kier alpha value is -1.80. The SMILES string of the molecule is COc1ccc(Cl)cc1NC(=O)c1cc(S(=O)(=O)N2CCC(C)CC2)ccc1Cl. The van der Waals surface area contributed by atoms with Gasteiger partial charge in [0, 0.05) is 18.1 Å². The third kappa shape index (κ3) is 4.86. The molecule has 1 saturated heterocycles. The fraction of sp³-hybridized carbons (Fsp3) is 0.350. The minimum Gasteiger partial charge on any atom is -0.495 e. The minimum absolute atomic E-state index is 0.0414. The van der Waals surface area contributed by atoms with Gasteiger partial charge in [-0.3, -0.25) is 4.79 Å². The molecule has 0 spiro atoms. The van der Waals surface area contributed by atoms with Crippen LogP contribution in [0.4, 0.5) is 5.69 Å². The summed E-state index contributed by atoms with van der Waals surface area (Å²) in [6.07, 6.45) is 1.63. The third-order valence-corrected chi connectivity index (χ3v) is 7.43. The van der Waals surface area contributed by atoms with Crippen molar-refractivity contribution in [2.75, 3.05) is 25.5 Å². The van der Waals surface area contributed by atoms with Crippen LogP contribution in [0.3, 0.4) is 0 Å². The molecule has 29 heavy (non-hydrogen) atoms. The first-order valence-electron chi connectivity index (χ1n) is 9.17. The van der Waals surface area contributed by atoms with E-state index in [-0.39, 0.29) is 15.5 Å². The molecule has 1 fully saturated rings. The van der Waals surface area contributed by atoms with Gasteiger partial charge in [0.1, 0.15) is 5.75 Å². The predicted molar refractivity (Wildman–Crippen MR) is 115 cm³/mol. The number of nitrogens with zero attached hydrogens (tertiary/aromatic N) is 1. The lowest BCUT2D eigenvalue weighted by atomic mass is 10.0. The van der Waals surface area contributed by atoms with Gasteiger partial charge in [0.15, 0.2) is 0 Å². The summed E-state index contributed by atoms with van der Waals surface area (Å²) in [6.45, 7) is 3.04. The van der Waals surface area contributed by atoms with Crippen LogP contribution in [0.2, 0.25) is 10.0 Å². The lowest BCUT2D eigenvalue weighted by molar-refractivity contribution is 0.102. The van der Waals surface area contributed by atoms with Gasteiger partial charge in [-0.1, -0.05) is 30.1 Å². The summed E-state index contributed by atoms with van der Waals surface area (Å²) < 4.78 is 32.7. The maximum absolute atomic E-state index is 13.0. The van der Waals surface area contributed by atoms with Crippen LogP contribution >= 0.6 is 23.2 Å². The Bertz CT molecular complexity index is 1020. The molecule has 1 aliphatic heterocycles. The molecule has 1 N–H and O–H groups in total. The van der Waals surface area contributed by atoms with E-state index in [2.05, 4.69) is 12.2 Å². The molecule has 9 heteroatoms. The van der Waals surface area contributed by atoms with Crippen LogP contribution in [0, 0.1) is 5.92 Å². The molecule has 2 aromatic rings. The second kappa shape index (κ2) is 8.92. The Morgan fingerprint density at radius 3 is 2.48 bits per heavy atom. The number of piperidine rings is 1. The number of amides is 1. The van der Waals surface area contributed by atoms with Crippen LogP contribution in [0.25, 0.3) is 0 Å². The molecule has 1 aliphatic rings. The van der Waals surface area contributed by atoms with Crippen molar-refractivity contribution in [3.8, 4) is 5.75 Å². The molecule has 0 bridgehead atoms. The maximum Gasteiger partial charge on any atom is 0.257 e. The molecule has 0 atom stereocenters. The standard InChI is InChI=1S/C20H22Cl2N2O4S/c1-13-7-9-24(10-8-13)29(26,27)15-4-5-17(22)16(12-15)20(25)23-18-11-14(21)3-6-19(18)28-2/h3-6,11-13H,7-10H2,1-2H3,(H,23,25). The van der Waals surface area contributed by atoms with Crippen molar-refractivity contribution < 1.29 is 17.9 Å². The zero-order chi connectivity index (χ0) is 21.2. The lowest BCUT2D eigenvalue weighted by Crippen LogP contribution is -2.37. The fourth-order valence-corrected chi connectivity index (χ4v) is 5.05. The van der Waals surface area contributed by atoms with E-state index in [1.807, 2.05) is 0 Å². The smallest absolute Gasteiger partial charge is 0.257 e. The fourth-order valence-electron chi connectivity index (χ4n) is 3.18. The predicted octanol–water partition coefficient (Wildman–Crippen LogP) is 4.67. The number of methoxy groups -OCH3 is 1. The first-order chi connectivity index (χ1) is 13.7. The quantitative estimate of drug-likeness (QED) is 0.708. The summed E-state index contributed by atoms with van der Waals surface area (Å²) in [5.41, 5.74) is 0.416. The third-order valence-electron chi connectivity index (χ3n) is 4.97. The van der Waals surface area contributed by atoms with Crippen LogP contribution in [0.1, 0.15) is 30.1 Å². The number of carbonyl (C=O) groups is 1. The van der Waals surface area contributed by atoms with E-state index in [1.54, 1.807) is 18.2 Å². The topological polar surface area (TPSA) is 75.7 Å². The van der Waals surface area contributed by atoms with Gasteiger partial charge in [-0.05, 0) is 55.2 Å². The number of carbonyl (C=O) groups excluding carboxylic acids is 1. The van der Waals surface area contributed by atoms with Crippen molar-refractivity contribution in [1.29, 1.82) is 0 Å². The molecular formula is C20H22Cl2N2O4S. The number of hydrogen-bond acceptors (Lipinski definition) is 4. The van der Waals surface area contributed by atoms with Crippen molar-refractivity contribution in [1.82, 2.24) is 4.31 Å². The summed E-state index contributed by atoms with van der Waals surface area (Å²) in [5, 5.41) is 3.25. The van der Waals surface area contributed by atoms with Gasteiger partial charge in [-0.2, -0.15) is 4.31 Å². The highest BCUT2D eigenvalue weighted by atomic mass is 35.5. The van der Waals surface area contributed by atoms with Gasteiger partial charge in [-0.25, -0.2) is 8.42 Å².